The molecule has 3 heteroatoms. The fraction of sp³-hybridized carbons (Fsp3) is 0.235. The Kier molecular flexibility index (Phi) is 4.88. The van der Waals surface area contributed by atoms with Crippen LogP contribution in [-0.4, -0.2) is 5.91 Å². The molecule has 0 heterocycles. The molecule has 20 heavy (non-hydrogen) atoms. The Balaban J connectivity index is 1.85. The first kappa shape index (κ1) is 14.3. The van der Waals surface area contributed by atoms with Crippen LogP contribution >= 0.6 is 0 Å². The van der Waals surface area contributed by atoms with Crippen molar-refractivity contribution in [2.24, 2.45) is 0 Å². The number of halogens is 1. The summed E-state index contributed by atoms with van der Waals surface area (Å²) in [5, 5.41) is 2.73. The van der Waals surface area contributed by atoms with Gasteiger partial charge in [0.2, 0.25) is 5.91 Å². The van der Waals surface area contributed by atoms with Gasteiger partial charge in [-0.15, -0.1) is 0 Å². The van der Waals surface area contributed by atoms with E-state index in [1.165, 1.54) is 18.6 Å². The van der Waals surface area contributed by atoms with Crippen LogP contribution in [0.5, 0.6) is 0 Å². The topological polar surface area (TPSA) is 29.1 Å². The lowest BCUT2D eigenvalue weighted by molar-refractivity contribution is -0.114. The third-order valence-corrected chi connectivity index (χ3v) is 3.14. The summed E-state index contributed by atoms with van der Waals surface area (Å²) in [5.74, 6) is -0.203. The zero-order valence-electron chi connectivity index (χ0n) is 11.5. The van der Waals surface area contributed by atoms with Crippen LogP contribution in [0.1, 0.15) is 24.5 Å². The molecule has 0 aromatic heterocycles. The third kappa shape index (κ3) is 4.19. The Morgan fingerprint density at radius 3 is 2.40 bits per heavy atom. The number of rotatable bonds is 5. The molecule has 0 aliphatic carbocycles. The Morgan fingerprint density at radius 2 is 1.75 bits per heavy atom. The van der Waals surface area contributed by atoms with Crippen molar-refractivity contribution < 1.29 is 9.18 Å². The molecular formula is C17H18FNO. The predicted molar refractivity (Wildman–Crippen MR) is 79.2 cm³/mol. The Bertz CT molecular complexity index is 578. The molecular weight excluding hydrogens is 253 g/mol. The number of hydrogen-bond donors (Lipinski definition) is 1. The summed E-state index contributed by atoms with van der Waals surface area (Å²) in [6.45, 7) is 1.49. The highest BCUT2D eigenvalue weighted by molar-refractivity contribution is 5.88. The van der Waals surface area contributed by atoms with Gasteiger partial charge in [0.25, 0.3) is 0 Å². The maximum atomic E-state index is 13.4. The smallest absolute Gasteiger partial charge is 0.221 e. The molecule has 2 rings (SSSR count). The van der Waals surface area contributed by atoms with Gasteiger partial charge < -0.3 is 5.32 Å². The van der Waals surface area contributed by atoms with E-state index in [0.29, 0.717) is 0 Å². The molecule has 0 spiro atoms. The van der Waals surface area contributed by atoms with E-state index in [2.05, 4.69) is 5.32 Å². The van der Waals surface area contributed by atoms with E-state index in [9.17, 15) is 9.18 Å². The summed E-state index contributed by atoms with van der Waals surface area (Å²) in [5.41, 5.74) is 2.76. The average molecular weight is 271 g/mol. The van der Waals surface area contributed by atoms with Gasteiger partial charge in [-0.25, -0.2) is 4.39 Å². The summed E-state index contributed by atoms with van der Waals surface area (Å²) in [6, 6.07) is 14.7. The van der Waals surface area contributed by atoms with Crippen molar-refractivity contribution in [1.29, 1.82) is 0 Å². The summed E-state index contributed by atoms with van der Waals surface area (Å²) < 4.78 is 13.4. The number of carbonyl (C=O) groups is 1. The Hall–Kier alpha value is -2.16. The monoisotopic (exact) mass is 271 g/mol. The van der Waals surface area contributed by atoms with Crippen molar-refractivity contribution in [3.8, 4) is 0 Å². The van der Waals surface area contributed by atoms with E-state index in [1.807, 2.05) is 36.4 Å². The van der Waals surface area contributed by atoms with Crippen molar-refractivity contribution in [1.82, 2.24) is 0 Å². The number of hydrogen-bond acceptors (Lipinski definition) is 1. The highest BCUT2D eigenvalue weighted by Gasteiger charge is 2.01. The molecule has 2 aromatic rings. The van der Waals surface area contributed by atoms with E-state index >= 15 is 0 Å². The van der Waals surface area contributed by atoms with Gasteiger partial charge in [0.1, 0.15) is 5.82 Å². The van der Waals surface area contributed by atoms with Crippen LogP contribution in [0.2, 0.25) is 0 Å². The summed E-state index contributed by atoms with van der Waals surface area (Å²) in [7, 11) is 0. The molecule has 0 aliphatic heterocycles. The van der Waals surface area contributed by atoms with E-state index in [0.717, 1.165) is 30.5 Å². The highest BCUT2D eigenvalue weighted by Crippen LogP contribution is 2.14. The molecule has 0 atom stereocenters. The molecule has 0 saturated heterocycles. The quantitative estimate of drug-likeness (QED) is 0.876. The van der Waals surface area contributed by atoms with Gasteiger partial charge in [0.15, 0.2) is 0 Å². The second kappa shape index (κ2) is 6.85. The van der Waals surface area contributed by atoms with Crippen LogP contribution in [0.25, 0.3) is 0 Å². The van der Waals surface area contributed by atoms with Crippen LogP contribution in [0.4, 0.5) is 10.1 Å². The van der Waals surface area contributed by atoms with Gasteiger partial charge in [-0.2, -0.15) is 0 Å². The van der Waals surface area contributed by atoms with Crippen molar-refractivity contribution in [2.75, 3.05) is 5.32 Å². The molecule has 0 radical (unpaired) electrons. The van der Waals surface area contributed by atoms with Crippen molar-refractivity contribution >= 4 is 11.6 Å². The fourth-order valence-electron chi connectivity index (χ4n) is 2.14. The average Bonchev–Trinajstić information content (AvgIpc) is 2.42. The first-order valence-corrected chi connectivity index (χ1v) is 6.75. The zero-order chi connectivity index (χ0) is 14.4. The minimum atomic E-state index is -0.131. The van der Waals surface area contributed by atoms with Gasteiger partial charge >= 0.3 is 0 Å². The highest BCUT2D eigenvalue weighted by atomic mass is 19.1. The van der Waals surface area contributed by atoms with Crippen molar-refractivity contribution in [3.05, 3.63) is 65.5 Å². The lowest BCUT2D eigenvalue weighted by Crippen LogP contribution is -2.05. The van der Waals surface area contributed by atoms with Crippen LogP contribution in [0.3, 0.4) is 0 Å². The van der Waals surface area contributed by atoms with Gasteiger partial charge in [-0.3, -0.25) is 4.79 Å². The maximum Gasteiger partial charge on any atom is 0.221 e. The van der Waals surface area contributed by atoms with Crippen LogP contribution < -0.4 is 5.32 Å². The van der Waals surface area contributed by atoms with E-state index < -0.39 is 0 Å². The first-order chi connectivity index (χ1) is 9.65. The zero-order valence-corrected chi connectivity index (χ0v) is 11.5. The molecule has 0 unspecified atom stereocenters. The number of aryl methyl sites for hydroxylation is 2. The Labute approximate surface area is 118 Å². The van der Waals surface area contributed by atoms with E-state index in [1.54, 1.807) is 6.07 Å². The molecule has 0 bridgehead atoms. The number of anilines is 1. The summed E-state index contributed by atoms with van der Waals surface area (Å²) in [4.78, 5) is 10.9. The van der Waals surface area contributed by atoms with E-state index in [4.69, 9.17) is 0 Å². The number of carbonyl (C=O) groups excluding carboxylic acids is 1. The second-order valence-electron chi connectivity index (χ2n) is 4.82. The maximum absolute atomic E-state index is 13.4. The van der Waals surface area contributed by atoms with E-state index in [-0.39, 0.29) is 11.7 Å². The lowest BCUT2D eigenvalue weighted by Gasteiger charge is -2.05. The van der Waals surface area contributed by atoms with Crippen molar-refractivity contribution in [3.63, 3.8) is 0 Å². The molecule has 1 amide bonds. The summed E-state index contributed by atoms with van der Waals surface area (Å²) in [6.07, 6.45) is 2.54. The minimum absolute atomic E-state index is 0.0719. The SMILES string of the molecule is CC(=O)Nc1ccc(CCCc2ccccc2F)cc1. The first-order valence-electron chi connectivity index (χ1n) is 6.75. The van der Waals surface area contributed by atoms with Crippen molar-refractivity contribution in [2.45, 2.75) is 26.2 Å². The molecule has 0 aliphatic rings. The lowest BCUT2D eigenvalue weighted by atomic mass is 10.0. The molecule has 2 nitrogen and oxygen atoms in total. The molecule has 2 aromatic carbocycles. The second-order valence-corrected chi connectivity index (χ2v) is 4.82. The van der Waals surface area contributed by atoms with Crippen LogP contribution in [-0.2, 0) is 17.6 Å². The van der Waals surface area contributed by atoms with Gasteiger partial charge in [-0.1, -0.05) is 30.3 Å². The minimum Gasteiger partial charge on any atom is -0.326 e. The van der Waals surface area contributed by atoms with Gasteiger partial charge in [-0.05, 0) is 48.6 Å². The predicted octanol–water partition coefficient (Wildman–Crippen LogP) is 3.96. The Morgan fingerprint density at radius 1 is 1.05 bits per heavy atom. The molecule has 104 valence electrons. The molecule has 0 saturated carbocycles. The van der Waals surface area contributed by atoms with Gasteiger partial charge in [0.05, 0.1) is 0 Å². The standard InChI is InChI=1S/C17H18FNO/c1-13(20)19-16-11-9-14(10-12-16)5-4-7-15-6-2-3-8-17(15)18/h2-3,6,8-12H,4-5,7H2,1H3,(H,19,20). The third-order valence-electron chi connectivity index (χ3n) is 3.14. The number of benzene rings is 2. The number of nitrogens with one attached hydrogen (secondary N) is 1. The van der Waals surface area contributed by atoms with Crippen LogP contribution in [0, 0.1) is 5.82 Å². The molecule has 1 N–H and O–H groups in total. The van der Waals surface area contributed by atoms with Crippen LogP contribution in [0.15, 0.2) is 48.5 Å². The fourth-order valence-corrected chi connectivity index (χ4v) is 2.14. The summed E-state index contributed by atoms with van der Waals surface area (Å²) >= 11 is 0. The number of amides is 1. The molecule has 0 fully saturated rings. The normalized spacial score (nSPS) is 10.3. The van der Waals surface area contributed by atoms with Gasteiger partial charge in [0, 0.05) is 12.6 Å². The largest absolute Gasteiger partial charge is 0.326 e.